The molecular weight excluding hydrogens is 234 g/mol. The van der Waals surface area contributed by atoms with Crippen LogP contribution in [0.3, 0.4) is 0 Å². The third-order valence-corrected chi connectivity index (χ3v) is 4.08. The highest BCUT2D eigenvalue weighted by molar-refractivity contribution is 5.18. The van der Waals surface area contributed by atoms with Gasteiger partial charge < -0.3 is 10.1 Å². The fraction of sp³-hybridized carbons (Fsp3) is 0.647. The molecule has 1 saturated heterocycles. The summed E-state index contributed by atoms with van der Waals surface area (Å²) in [6.45, 7) is 7.76. The molecule has 1 aliphatic heterocycles. The second-order valence-electron chi connectivity index (χ2n) is 5.98. The second-order valence-corrected chi connectivity index (χ2v) is 5.98. The zero-order valence-electron chi connectivity index (χ0n) is 12.4. The van der Waals surface area contributed by atoms with Crippen LogP contribution in [0.5, 0.6) is 0 Å². The molecule has 2 heteroatoms. The van der Waals surface area contributed by atoms with Gasteiger partial charge >= 0.3 is 0 Å². The molecule has 0 radical (unpaired) electrons. The summed E-state index contributed by atoms with van der Waals surface area (Å²) >= 11 is 0. The van der Waals surface area contributed by atoms with Crippen molar-refractivity contribution in [3.05, 3.63) is 35.9 Å². The molecule has 0 aromatic heterocycles. The summed E-state index contributed by atoms with van der Waals surface area (Å²) in [6, 6.07) is 11.4. The summed E-state index contributed by atoms with van der Waals surface area (Å²) in [6.07, 6.45) is 4.28. The van der Waals surface area contributed by atoms with Crippen molar-refractivity contribution >= 4 is 0 Å². The minimum Gasteiger partial charge on any atom is -0.375 e. The molecule has 1 aromatic carbocycles. The predicted molar refractivity (Wildman–Crippen MR) is 80.5 cm³/mol. The van der Waals surface area contributed by atoms with Crippen LogP contribution in [0, 0.1) is 0 Å². The van der Waals surface area contributed by atoms with E-state index in [1.165, 1.54) is 12.0 Å². The number of nitrogens with one attached hydrogen (secondary N) is 1. The van der Waals surface area contributed by atoms with E-state index in [0.717, 1.165) is 19.4 Å². The van der Waals surface area contributed by atoms with Crippen molar-refractivity contribution in [3.63, 3.8) is 0 Å². The Kier molecular flexibility index (Phi) is 5.41. The average Bonchev–Trinajstić information content (AvgIpc) is 2.38. The molecule has 0 amide bonds. The summed E-state index contributed by atoms with van der Waals surface area (Å²) < 4.78 is 5.77. The molecule has 1 aromatic rings. The Morgan fingerprint density at radius 3 is 2.42 bits per heavy atom. The van der Waals surface area contributed by atoms with Crippen molar-refractivity contribution in [2.24, 2.45) is 0 Å². The van der Waals surface area contributed by atoms with Crippen molar-refractivity contribution in [2.75, 3.05) is 6.54 Å². The van der Waals surface area contributed by atoms with Crippen molar-refractivity contribution in [1.29, 1.82) is 0 Å². The molecule has 106 valence electrons. The van der Waals surface area contributed by atoms with Crippen LogP contribution in [0.4, 0.5) is 0 Å². The van der Waals surface area contributed by atoms with Gasteiger partial charge in [0, 0.05) is 6.04 Å². The molecule has 2 rings (SSSR count). The quantitative estimate of drug-likeness (QED) is 0.872. The van der Waals surface area contributed by atoms with Crippen LogP contribution in [0.15, 0.2) is 30.3 Å². The Hall–Kier alpha value is -0.860. The van der Waals surface area contributed by atoms with Crippen molar-refractivity contribution in [1.82, 2.24) is 5.32 Å². The largest absolute Gasteiger partial charge is 0.375 e. The topological polar surface area (TPSA) is 21.3 Å². The predicted octanol–water partition coefficient (Wildman–Crippen LogP) is 3.73. The monoisotopic (exact) mass is 261 g/mol. The van der Waals surface area contributed by atoms with Gasteiger partial charge in [0.05, 0.1) is 12.2 Å². The van der Waals surface area contributed by atoms with E-state index < -0.39 is 0 Å². The standard InChI is InChI=1S/C17H27NO/c1-13(16-7-5-4-6-8-16)9-10-18-17-11-14(2)19-15(3)12-17/h4-8,13-15,17-18H,9-12H2,1-3H3. The Bertz CT molecular complexity index is 355. The first kappa shape index (κ1) is 14.5. The summed E-state index contributed by atoms with van der Waals surface area (Å²) in [5, 5.41) is 3.70. The first-order valence-corrected chi connectivity index (χ1v) is 7.59. The summed E-state index contributed by atoms with van der Waals surface area (Å²) in [4.78, 5) is 0. The third kappa shape index (κ3) is 4.63. The molecule has 0 saturated carbocycles. The maximum Gasteiger partial charge on any atom is 0.0565 e. The van der Waals surface area contributed by atoms with Gasteiger partial charge in [0.1, 0.15) is 0 Å². The molecule has 19 heavy (non-hydrogen) atoms. The van der Waals surface area contributed by atoms with Crippen molar-refractivity contribution in [3.8, 4) is 0 Å². The summed E-state index contributed by atoms with van der Waals surface area (Å²) in [7, 11) is 0. The SMILES string of the molecule is CC1CC(NCCC(C)c2ccccc2)CC(C)O1. The third-order valence-electron chi connectivity index (χ3n) is 4.08. The Labute approximate surface area is 117 Å². The molecule has 2 nitrogen and oxygen atoms in total. The van der Waals surface area contributed by atoms with Gasteiger partial charge in [-0.05, 0) is 51.1 Å². The van der Waals surface area contributed by atoms with E-state index in [2.05, 4.69) is 56.4 Å². The highest BCUT2D eigenvalue weighted by Crippen LogP contribution is 2.20. The number of hydrogen-bond donors (Lipinski definition) is 1. The lowest BCUT2D eigenvalue weighted by molar-refractivity contribution is -0.0420. The molecule has 3 unspecified atom stereocenters. The minimum atomic E-state index is 0.396. The van der Waals surface area contributed by atoms with E-state index in [4.69, 9.17) is 4.74 Å². The van der Waals surface area contributed by atoms with Crippen LogP contribution in [0.25, 0.3) is 0 Å². The Balaban J connectivity index is 1.71. The normalized spacial score (nSPS) is 29.1. The maximum absolute atomic E-state index is 5.77. The molecule has 0 spiro atoms. The first-order valence-electron chi connectivity index (χ1n) is 7.59. The zero-order valence-corrected chi connectivity index (χ0v) is 12.4. The van der Waals surface area contributed by atoms with Gasteiger partial charge in [-0.25, -0.2) is 0 Å². The van der Waals surface area contributed by atoms with Gasteiger partial charge in [-0.3, -0.25) is 0 Å². The van der Waals surface area contributed by atoms with Gasteiger partial charge in [-0.2, -0.15) is 0 Å². The molecular formula is C17H27NO. The molecule has 1 heterocycles. The summed E-state index contributed by atoms with van der Waals surface area (Å²) in [5.41, 5.74) is 1.44. The summed E-state index contributed by atoms with van der Waals surface area (Å²) in [5.74, 6) is 0.628. The average molecular weight is 261 g/mol. The number of ether oxygens (including phenoxy) is 1. The molecule has 1 N–H and O–H groups in total. The van der Waals surface area contributed by atoms with Gasteiger partial charge in [0.2, 0.25) is 0 Å². The lowest BCUT2D eigenvalue weighted by Gasteiger charge is -2.33. The van der Waals surface area contributed by atoms with E-state index in [0.29, 0.717) is 24.2 Å². The fourth-order valence-electron chi connectivity index (χ4n) is 3.02. The fourth-order valence-corrected chi connectivity index (χ4v) is 3.02. The molecule has 0 bridgehead atoms. The Morgan fingerprint density at radius 1 is 1.16 bits per heavy atom. The molecule has 0 aliphatic carbocycles. The van der Waals surface area contributed by atoms with Gasteiger partial charge in [0.25, 0.3) is 0 Å². The van der Waals surface area contributed by atoms with Gasteiger partial charge in [-0.1, -0.05) is 37.3 Å². The van der Waals surface area contributed by atoms with Crippen LogP contribution in [-0.4, -0.2) is 24.8 Å². The Morgan fingerprint density at radius 2 is 1.79 bits per heavy atom. The molecule has 1 aliphatic rings. The van der Waals surface area contributed by atoms with Crippen LogP contribution < -0.4 is 5.32 Å². The van der Waals surface area contributed by atoms with Crippen molar-refractivity contribution in [2.45, 2.75) is 64.2 Å². The van der Waals surface area contributed by atoms with Gasteiger partial charge in [-0.15, -0.1) is 0 Å². The minimum absolute atomic E-state index is 0.396. The van der Waals surface area contributed by atoms with E-state index in [-0.39, 0.29) is 0 Å². The lowest BCUT2D eigenvalue weighted by Crippen LogP contribution is -2.41. The highest BCUT2D eigenvalue weighted by Gasteiger charge is 2.23. The zero-order chi connectivity index (χ0) is 13.7. The van der Waals surface area contributed by atoms with E-state index in [1.54, 1.807) is 0 Å². The van der Waals surface area contributed by atoms with Crippen LogP contribution in [-0.2, 0) is 4.74 Å². The van der Waals surface area contributed by atoms with Crippen LogP contribution in [0.2, 0.25) is 0 Å². The van der Waals surface area contributed by atoms with E-state index >= 15 is 0 Å². The number of rotatable bonds is 5. The van der Waals surface area contributed by atoms with Crippen LogP contribution >= 0.6 is 0 Å². The second kappa shape index (κ2) is 7.06. The molecule has 3 atom stereocenters. The molecule has 1 fully saturated rings. The van der Waals surface area contributed by atoms with Gasteiger partial charge in [0.15, 0.2) is 0 Å². The van der Waals surface area contributed by atoms with Crippen LogP contribution in [0.1, 0.15) is 51.5 Å². The maximum atomic E-state index is 5.77. The number of hydrogen-bond acceptors (Lipinski definition) is 2. The number of benzene rings is 1. The lowest BCUT2D eigenvalue weighted by atomic mass is 9.96. The van der Waals surface area contributed by atoms with Crippen molar-refractivity contribution < 1.29 is 4.74 Å². The van der Waals surface area contributed by atoms with E-state index in [9.17, 15) is 0 Å². The smallest absolute Gasteiger partial charge is 0.0565 e. The van der Waals surface area contributed by atoms with E-state index in [1.807, 2.05) is 0 Å². The highest BCUT2D eigenvalue weighted by atomic mass is 16.5. The first-order chi connectivity index (χ1) is 9.15.